The lowest BCUT2D eigenvalue weighted by Gasteiger charge is -2.09. The third-order valence-electron chi connectivity index (χ3n) is 4.00. The molecule has 0 aliphatic rings. The van der Waals surface area contributed by atoms with Crippen LogP contribution in [0, 0.1) is 0 Å². The number of methoxy groups -OCH3 is 1. The van der Waals surface area contributed by atoms with Gasteiger partial charge in [-0.1, -0.05) is 23.7 Å². The molecule has 0 heterocycles. The average Bonchev–Trinajstić information content (AvgIpc) is 2.74. The zero-order valence-corrected chi connectivity index (χ0v) is 17.4. The average molecular weight is 444 g/mol. The molecule has 0 spiro atoms. The van der Waals surface area contributed by atoms with E-state index in [4.69, 9.17) is 16.3 Å². The molecule has 2 N–H and O–H groups in total. The Kier molecular flexibility index (Phi) is 6.71. The van der Waals surface area contributed by atoms with E-state index in [1.165, 1.54) is 54.7 Å². The van der Waals surface area contributed by atoms with Crippen LogP contribution in [0.25, 0.3) is 0 Å². The molecule has 3 aromatic rings. The molecule has 3 aromatic carbocycles. The number of carbonyl (C=O) groups is 1. The molecule has 0 unspecified atom stereocenters. The number of nitrogens with one attached hydrogen (secondary N) is 2. The van der Waals surface area contributed by atoms with E-state index in [1.54, 1.807) is 19.2 Å². The molecule has 0 saturated carbocycles. The second-order valence-electron chi connectivity index (χ2n) is 6.11. The van der Waals surface area contributed by atoms with Gasteiger partial charge < -0.3 is 4.74 Å². The minimum absolute atomic E-state index is 0.0839. The van der Waals surface area contributed by atoms with Gasteiger partial charge in [-0.15, -0.1) is 0 Å². The number of halogens is 1. The molecule has 9 heteroatoms. The van der Waals surface area contributed by atoms with Crippen molar-refractivity contribution >= 4 is 39.4 Å². The standard InChI is InChI=1S/C21H18ClN3O4S/c1-29-19-4-2-3-15(13-19)14-23-24-21(26)16-5-9-18(10-6-16)25-30(27,28)20-11-7-17(22)8-12-20/h2-14,25H,1H3,(H,24,26)/b23-14-. The predicted octanol–water partition coefficient (Wildman–Crippen LogP) is 3.91. The van der Waals surface area contributed by atoms with Crippen molar-refractivity contribution in [2.45, 2.75) is 4.90 Å². The van der Waals surface area contributed by atoms with Crippen molar-refractivity contribution in [2.75, 3.05) is 11.8 Å². The van der Waals surface area contributed by atoms with Gasteiger partial charge in [0.1, 0.15) is 5.75 Å². The topological polar surface area (TPSA) is 96.9 Å². The Bertz CT molecular complexity index is 1160. The second kappa shape index (κ2) is 9.43. The number of nitrogens with zero attached hydrogens (tertiary/aromatic N) is 1. The Morgan fingerprint density at radius 1 is 1.03 bits per heavy atom. The first-order valence-electron chi connectivity index (χ1n) is 8.73. The maximum Gasteiger partial charge on any atom is 0.271 e. The van der Waals surface area contributed by atoms with Gasteiger partial charge in [-0.3, -0.25) is 9.52 Å². The summed E-state index contributed by atoms with van der Waals surface area (Å²) < 4.78 is 32.4. The summed E-state index contributed by atoms with van der Waals surface area (Å²) in [6, 6.07) is 19.0. The summed E-state index contributed by atoms with van der Waals surface area (Å²) in [6.07, 6.45) is 1.50. The Labute approximate surface area is 179 Å². The largest absolute Gasteiger partial charge is 0.497 e. The van der Waals surface area contributed by atoms with Crippen molar-refractivity contribution in [1.82, 2.24) is 5.43 Å². The third kappa shape index (κ3) is 5.59. The molecule has 0 saturated heterocycles. The van der Waals surface area contributed by atoms with Crippen LogP contribution in [-0.2, 0) is 10.0 Å². The quantitative estimate of drug-likeness (QED) is 0.427. The number of hydrogen-bond donors (Lipinski definition) is 2. The number of anilines is 1. The number of hydrazone groups is 1. The number of hydrogen-bond acceptors (Lipinski definition) is 5. The molecule has 0 bridgehead atoms. The first-order valence-corrected chi connectivity index (χ1v) is 10.6. The Hall–Kier alpha value is -3.36. The lowest BCUT2D eigenvalue weighted by atomic mass is 10.2. The molecule has 0 radical (unpaired) electrons. The number of amides is 1. The number of carbonyl (C=O) groups excluding carboxylic acids is 1. The van der Waals surface area contributed by atoms with Crippen LogP contribution in [-0.4, -0.2) is 27.6 Å². The fourth-order valence-corrected chi connectivity index (χ4v) is 3.65. The lowest BCUT2D eigenvalue weighted by Crippen LogP contribution is -2.18. The number of benzene rings is 3. The summed E-state index contributed by atoms with van der Waals surface area (Å²) in [5.74, 6) is 0.253. The summed E-state index contributed by atoms with van der Waals surface area (Å²) in [6.45, 7) is 0. The van der Waals surface area contributed by atoms with Crippen molar-refractivity contribution in [2.24, 2.45) is 5.10 Å². The van der Waals surface area contributed by atoms with Gasteiger partial charge in [0.05, 0.1) is 18.2 Å². The first kappa shape index (κ1) is 21.4. The monoisotopic (exact) mass is 443 g/mol. The van der Waals surface area contributed by atoms with Crippen LogP contribution in [0.2, 0.25) is 5.02 Å². The lowest BCUT2D eigenvalue weighted by molar-refractivity contribution is 0.0955. The summed E-state index contributed by atoms with van der Waals surface area (Å²) in [5, 5.41) is 4.36. The van der Waals surface area contributed by atoms with Gasteiger partial charge in [0.2, 0.25) is 0 Å². The summed E-state index contributed by atoms with van der Waals surface area (Å²) in [4.78, 5) is 12.3. The van der Waals surface area contributed by atoms with E-state index >= 15 is 0 Å². The smallest absolute Gasteiger partial charge is 0.271 e. The molecular weight excluding hydrogens is 426 g/mol. The van der Waals surface area contributed by atoms with Crippen LogP contribution in [0.5, 0.6) is 5.75 Å². The maximum atomic E-state index is 12.4. The van der Waals surface area contributed by atoms with Crippen molar-refractivity contribution < 1.29 is 17.9 Å². The van der Waals surface area contributed by atoms with Crippen molar-refractivity contribution in [1.29, 1.82) is 0 Å². The summed E-state index contributed by atoms with van der Waals surface area (Å²) in [7, 11) is -2.19. The molecule has 0 fully saturated rings. The number of rotatable bonds is 7. The Balaban J connectivity index is 1.62. The highest BCUT2D eigenvalue weighted by molar-refractivity contribution is 7.92. The Morgan fingerprint density at radius 2 is 1.73 bits per heavy atom. The summed E-state index contributed by atoms with van der Waals surface area (Å²) >= 11 is 5.78. The van der Waals surface area contributed by atoms with E-state index in [2.05, 4.69) is 15.2 Å². The van der Waals surface area contributed by atoms with E-state index in [1.807, 2.05) is 12.1 Å². The molecule has 0 aliphatic heterocycles. The van der Waals surface area contributed by atoms with Crippen molar-refractivity contribution in [3.05, 3.63) is 88.9 Å². The molecule has 3 rings (SSSR count). The fourth-order valence-electron chi connectivity index (χ4n) is 2.47. The molecular formula is C21H18ClN3O4S. The van der Waals surface area contributed by atoms with E-state index in [9.17, 15) is 13.2 Å². The van der Waals surface area contributed by atoms with E-state index < -0.39 is 15.9 Å². The minimum atomic E-state index is -3.76. The van der Waals surface area contributed by atoms with Gasteiger partial charge in [0.15, 0.2) is 0 Å². The first-order chi connectivity index (χ1) is 14.4. The van der Waals surface area contributed by atoms with Crippen LogP contribution < -0.4 is 14.9 Å². The molecule has 7 nitrogen and oxygen atoms in total. The van der Waals surface area contributed by atoms with Crippen molar-refractivity contribution in [3.8, 4) is 5.75 Å². The van der Waals surface area contributed by atoms with E-state index in [0.29, 0.717) is 22.0 Å². The highest BCUT2D eigenvalue weighted by Crippen LogP contribution is 2.19. The highest BCUT2D eigenvalue weighted by Gasteiger charge is 2.14. The van der Waals surface area contributed by atoms with Crippen LogP contribution in [0.4, 0.5) is 5.69 Å². The second-order valence-corrected chi connectivity index (χ2v) is 8.23. The van der Waals surface area contributed by atoms with Crippen LogP contribution in [0.3, 0.4) is 0 Å². The van der Waals surface area contributed by atoms with Gasteiger partial charge in [0, 0.05) is 16.3 Å². The molecule has 0 atom stereocenters. The van der Waals surface area contributed by atoms with Gasteiger partial charge in [-0.2, -0.15) is 5.10 Å². The van der Waals surface area contributed by atoms with Crippen LogP contribution in [0.1, 0.15) is 15.9 Å². The normalized spacial score (nSPS) is 11.3. The fraction of sp³-hybridized carbons (Fsp3) is 0.0476. The van der Waals surface area contributed by atoms with Gasteiger partial charge in [-0.25, -0.2) is 13.8 Å². The molecule has 30 heavy (non-hydrogen) atoms. The van der Waals surface area contributed by atoms with E-state index in [-0.39, 0.29) is 4.90 Å². The van der Waals surface area contributed by atoms with Gasteiger partial charge >= 0.3 is 0 Å². The third-order valence-corrected chi connectivity index (χ3v) is 5.65. The van der Waals surface area contributed by atoms with Crippen LogP contribution >= 0.6 is 11.6 Å². The number of sulfonamides is 1. The highest BCUT2D eigenvalue weighted by atomic mass is 35.5. The van der Waals surface area contributed by atoms with Gasteiger partial charge in [-0.05, 0) is 66.2 Å². The molecule has 0 aromatic heterocycles. The van der Waals surface area contributed by atoms with E-state index in [0.717, 1.165) is 5.56 Å². The van der Waals surface area contributed by atoms with Crippen molar-refractivity contribution in [3.63, 3.8) is 0 Å². The zero-order chi connectivity index (χ0) is 21.6. The minimum Gasteiger partial charge on any atom is -0.497 e. The summed E-state index contributed by atoms with van der Waals surface area (Å²) in [5.41, 5.74) is 3.83. The predicted molar refractivity (Wildman–Crippen MR) is 117 cm³/mol. The van der Waals surface area contributed by atoms with Gasteiger partial charge in [0.25, 0.3) is 15.9 Å². The van der Waals surface area contributed by atoms with Crippen LogP contribution in [0.15, 0.2) is 82.8 Å². The maximum absolute atomic E-state index is 12.4. The molecule has 1 amide bonds. The number of ether oxygens (including phenoxy) is 1. The Morgan fingerprint density at radius 3 is 2.40 bits per heavy atom. The molecule has 154 valence electrons. The SMILES string of the molecule is COc1cccc(/C=N\NC(=O)c2ccc(NS(=O)(=O)c3ccc(Cl)cc3)cc2)c1. The molecule has 0 aliphatic carbocycles. The zero-order valence-electron chi connectivity index (χ0n) is 15.9.